The van der Waals surface area contributed by atoms with Crippen LogP contribution in [0.2, 0.25) is 0 Å². The Bertz CT molecular complexity index is 536. The van der Waals surface area contributed by atoms with Gasteiger partial charge in [-0.25, -0.2) is 0 Å². The van der Waals surface area contributed by atoms with Crippen molar-refractivity contribution in [3.8, 4) is 5.75 Å². The van der Waals surface area contributed by atoms with Crippen LogP contribution in [0.25, 0.3) is 0 Å². The van der Waals surface area contributed by atoms with Crippen LogP contribution in [0.3, 0.4) is 0 Å². The number of benzene rings is 2. The van der Waals surface area contributed by atoms with Crippen molar-refractivity contribution in [1.29, 1.82) is 0 Å². The summed E-state index contributed by atoms with van der Waals surface area (Å²) in [6.45, 7) is 4.24. The number of rotatable bonds is 7. The number of ether oxygens (including phenoxy) is 1. The molecule has 2 aromatic rings. The highest BCUT2D eigenvalue weighted by atomic mass is 16.5. The molecule has 0 aliphatic carbocycles. The zero-order valence-corrected chi connectivity index (χ0v) is 12.8. The third kappa shape index (κ3) is 4.61. The Morgan fingerprint density at radius 2 is 1.67 bits per heavy atom. The molecule has 1 N–H and O–H groups in total. The van der Waals surface area contributed by atoms with Crippen LogP contribution >= 0.6 is 0 Å². The van der Waals surface area contributed by atoms with Crippen molar-refractivity contribution in [2.24, 2.45) is 0 Å². The number of hydrogen-bond acceptors (Lipinski definition) is 2. The second-order valence-electron chi connectivity index (χ2n) is 5.47. The van der Waals surface area contributed by atoms with E-state index in [2.05, 4.69) is 38.1 Å². The molecule has 0 spiro atoms. The molecule has 0 radical (unpaired) electrons. The van der Waals surface area contributed by atoms with Gasteiger partial charge in [-0.1, -0.05) is 61.9 Å². The second-order valence-corrected chi connectivity index (χ2v) is 5.47. The molecule has 112 valence electrons. The van der Waals surface area contributed by atoms with E-state index in [0.717, 1.165) is 24.8 Å². The minimum Gasteiger partial charge on any atom is -0.508 e. The Hall–Kier alpha value is -1.80. The molecular weight excluding hydrogens is 260 g/mol. The van der Waals surface area contributed by atoms with Gasteiger partial charge in [0.1, 0.15) is 5.75 Å². The minimum absolute atomic E-state index is 0.0649. The van der Waals surface area contributed by atoms with Gasteiger partial charge in [0.15, 0.2) is 0 Å². The molecule has 0 fully saturated rings. The lowest BCUT2D eigenvalue weighted by atomic mass is 10.0. The van der Waals surface area contributed by atoms with Gasteiger partial charge in [0.2, 0.25) is 0 Å². The molecule has 0 aliphatic rings. The van der Waals surface area contributed by atoms with Crippen molar-refractivity contribution in [2.75, 3.05) is 0 Å². The topological polar surface area (TPSA) is 29.5 Å². The minimum atomic E-state index is 0.0649. The van der Waals surface area contributed by atoms with Crippen molar-refractivity contribution < 1.29 is 9.84 Å². The van der Waals surface area contributed by atoms with Gasteiger partial charge in [-0.05, 0) is 30.5 Å². The van der Waals surface area contributed by atoms with Gasteiger partial charge < -0.3 is 9.84 Å². The van der Waals surface area contributed by atoms with Gasteiger partial charge in [0, 0.05) is 6.42 Å². The highest BCUT2D eigenvalue weighted by Gasteiger charge is 2.16. The number of phenolic OH excluding ortho intramolecular Hbond substituents is 1. The van der Waals surface area contributed by atoms with Gasteiger partial charge >= 0.3 is 0 Å². The van der Waals surface area contributed by atoms with E-state index in [1.165, 1.54) is 5.56 Å². The zero-order chi connectivity index (χ0) is 15.1. The molecule has 2 aromatic carbocycles. The first-order chi connectivity index (χ1) is 10.2. The van der Waals surface area contributed by atoms with Gasteiger partial charge in [0.05, 0.1) is 12.2 Å². The van der Waals surface area contributed by atoms with Crippen molar-refractivity contribution >= 4 is 0 Å². The van der Waals surface area contributed by atoms with Crippen LogP contribution in [0.1, 0.15) is 43.9 Å². The van der Waals surface area contributed by atoms with Gasteiger partial charge in [-0.2, -0.15) is 0 Å². The molecule has 0 aliphatic heterocycles. The second kappa shape index (κ2) is 7.84. The lowest BCUT2D eigenvalue weighted by Crippen LogP contribution is -2.16. The van der Waals surface area contributed by atoms with Crippen LogP contribution in [0.4, 0.5) is 0 Å². The van der Waals surface area contributed by atoms with Gasteiger partial charge in [0.25, 0.3) is 0 Å². The molecule has 0 saturated carbocycles. The van der Waals surface area contributed by atoms with Crippen molar-refractivity contribution in [2.45, 2.75) is 45.3 Å². The molecule has 2 unspecified atom stereocenters. The van der Waals surface area contributed by atoms with Crippen LogP contribution in [0, 0.1) is 0 Å². The fourth-order valence-electron chi connectivity index (χ4n) is 2.56. The summed E-state index contributed by atoms with van der Waals surface area (Å²) < 4.78 is 6.22. The fourth-order valence-corrected chi connectivity index (χ4v) is 2.56. The maximum atomic E-state index is 9.86. The predicted octanol–water partition coefficient (Wildman–Crippen LogP) is 4.88. The van der Waals surface area contributed by atoms with Crippen LogP contribution in [0.15, 0.2) is 54.6 Å². The molecule has 2 atom stereocenters. The van der Waals surface area contributed by atoms with E-state index < -0.39 is 0 Å². The molecule has 2 nitrogen and oxygen atoms in total. The third-order valence-electron chi connectivity index (χ3n) is 3.62. The Labute approximate surface area is 127 Å². The number of phenols is 1. The Morgan fingerprint density at radius 1 is 1.00 bits per heavy atom. The summed E-state index contributed by atoms with van der Waals surface area (Å²) in [7, 11) is 0. The molecular formula is C19H24O2. The van der Waals surface area contributed by atoms with Crippen LogP contribution in [-0.2, 0) is 11.2 Å². The maximum absolute atomic E-state index is 9.86. The van der Waals surface area contributed by atoms with Gasteiger partial charge in [-0.15, -0.1) is 0 Å². The van der Waals surface area contributed by atoms with E-state index in [4.69, 9.17) is 4.74 Å². The highest BCUT2D eigenvalue weighted by molar-refractivity contribution is 5.32. The predicted molar refractivity (Wildman–Crippen MR) is 86.4 cm³/mol. The molecule has 2 heteroatoms. The van der Waals surface area contributed by atoms with Crippen LogP contribution in [0.5, 0.6) is 5.75 Å². The largest absolute Gasteiger partial charge is 0.508 e. The first-order valence-corrected chi connectivity index (χ1v) is 7.68. The van der Waals surface area contributed by atoms with E-state index in [-0.39, 0.29) is 12.2 Å². The summed E-state index contributed by atoms with van der Waals surface area (Å²) in [6, 6.07) is 17.8. The van der Waals surface area contributed by atoms with Crippen molar-refractivity contribution in [3.05, 3.63) is 65.7 Å². The molecule has 2 rings (SSSR count). The summed E-state index contributed by atoms with van der Waals surface area (Å²) in [6.07, 6.45) is 3.00. The quantitative estimate of drug-likeness (QED) is 0.785. The summed E-state index contributed by atoms with van der Waals surface area (Å²) in [5, 5.41) is 9.86. The lowest BCUT2D eigenvalue weighted by molar-refractivity contribution is -0.00824. The summed E-state index contributed by atoms with van der Waals surface area (Å²) in [4.78, 5) is 0. The lowest BCUT2D eigenvalue weighted by Gasteiger charge is -2.23. The SMILES string of the molecule is CCCC(OC(C)Cc1ccccc1O)c1ccccc1. The standard InChI is InChI=1S/C19H24O2/c1-3-9-19(16-10-5-4-6-11-16)21-15(2)14-17-12-7-8-13-18(17)20/h4-8,10-13,15,19-20H,3,9,14H2,1-2H3. The van der Waals surface area contributed by atoms with E-state index in [1.807, 2.05) is 24.3 Å². The van der Waals surface area contributed by atoms with Crippen molar-refractivity contribution in [1.82, 2.24) is 0 Å². The first kappa shape index (κ1) is 15.6. The summed E-state index contributed by atoms with van der Waals surface area (Å²) >= 11 is 0. The molecule has 0 amide bonds. The average Bonchev–Trinajstić information content (AvgIpc) is 2.50. The van der Waals surface area contributed by atoms with E-state index in [9.17, 15) is 5.11 Å². The normalized spacial score (nSPS) is 13.8. The molecule has 0 bridgehead atoms. The fraction of sp³-hybridized carbons (Fsp3) is 0.368. The highest BCUT2D eigenvalue weighted by Crippen LogP contribution is 2.26. The molecule has 21 heavy (non-hydrogen) atoms. The van der Waals surface area contributed by atoms with E-state index in [1.54, 1.807) is 6.07 Å². The number of aromatic hydroxyl groups is 1. The summed E-state index contributed by atoms with van der Waals surface area (Å²) in [5.74, 6) is 0.347. The zero-order valence-electron chi connectivity index (χ0n) is 12.8. The first-order valence-electron chi connectivity index (χ1n) is 7.68. The maximum Gasteiger partial charge on any atom is 0.118 e. The average molecular weight is 284 g/mol. The molecule has 0 saturated heterocycles. The molecule has 0 aromatic heterocycles. The Balaban J connectivity index is 2.02. The smallest absolute Gasteiger partial charge is 0.118 e. The Morgan fingerprint density at radius 3 is 2.33 bits per heavy atom. The number of para-hydroxylation sites is 1. The third-order valence-corrected chi connectivity index (χ3v) is 3.62. The summed E-state index contributed by atoms with van der Waals surface area (Å²) in [5.41, 5.74) is 2.16. The van der Waals surface area contributed by atoms with Crippen molar-refractivity contribution in [3.63, 3.8) is 0 Å². The monoisotopic (exact) mass is 284 g/mol. The van der Waals surface area contributed by atoms with Crippen LogP contribution < -0.4 is 0 Å². The Kier molecular flexibility index (Phi) is 5.82. The van der Waals surface area contributed by atoms with Gasteiger partial charge in [-0.3, -0.25) is 0 Å². The van der Waals surface area contributed by atoms with Crippen LogP contribution in [-0.4, -0.2) is 11.2 Å². The number of hydrogen-bond donors (Lipinski definition) is 1. The molecule has 0 heterocycles. The van der Waals surface area contributed by atoms with E-state index >= 15 is 0 Å². The van der Waals surface area contributed by atoms with E-state index in [0.29, 0.717) is 5.75 Å².